The van der Waals surface area contributed by atoms with E-state index in [2.05, 4.69) is 24.0 Å². The number of carboxylic acids is 1. The summed E-state index contributed by atoms with van der Waals surface area (Å²) in [6, 6.07) is 0. The molecule has 0 saturated carbocycles. The zero-order chi connectivity index (χ0) is 10.4. The van der Waals surface area contributed by atoms with E-state index in [1.807, 2.05) is 0 Å². The van der Waals surface area contributed by atoms with Gasteiger partial charge < -0.3 is 10.4 Å². The molecule has 0 radical (unpaired) electrons. The highest BCUT2D eigenvalue weighted by Gasteiger charge is 2.10. The average molecular weight is 195 g/mol. The molecular formula is C11H17NO2. The van der Waals surface area contributed by atoms with Crippen LogP contribution in [0.15, 0.2) is 24.3 Å². The Balaban J connectivity index is 2.12. The standard InChI is InChI=1S/C11H17NO2/c1-9(11(13)14)7-12-8-10-5-3-2-4-6-10/h2-3,10,12H,1,4-8H2,(H,13,14). The fraction of sp³-hybridized carbons (Fsp3) is 0.545. The van der Waals surface area contributed by atoms with Crippen LogP contribution < -0.4 is 5.32 Å². The van der Waals surface area contributed by atoms with E-state index in [-0.39, 0.29) is 5.57 Å². The van der Waals surface area contributed by atoms with Crippen molar-refractivity contribution in [1.82, 2.24) is 5.32 Å². The molecule has 0 amide bonds. The molecule has 0 aromatic heterocycles. The first-order valence-corrected chi connectivity index (χ1v) is 4.97. The van der Waals surface area contributed by atoms with Gasteiger partial charge in [-0.1, -0.05) is 18.7 Å². The van der Waals surface area contributed by atoms with E-state index in [0.717, 1.165) is 19.4 Å². The molecule has 1 unspecified atom stereocenters. The van der Waals surface area contributed by atoms with Crippen molar-refractivity contribution >= 4 is 5.97 Å². The van der Waals surface area contributed by atoms with E-state index < -0.39 is 5.97 Å². The van der Waals surface area contributed by atoms with Crippen LogP contribution in [-0.2, 0) is 4.79 Å². The van der Waals surface area contributed by atoms with Gasteiger partial charge in [-0.3, -0.25) is 0 Å². The monoisotopic (exact) mass is 195 g/mol. The number of carboxylic acid groups (broad SMARTS) is 1. The molecule has 3 heteroatoms. The predicted octanol–water partition coefficient (Wildman–Crippen LogP) is 1.57. The second kappa shape index (κ2) is 5.60. The Morgan fingerprint density at radius 1 is 1.57 bits per heavy atom. The Bertz CT molecular complexity index is 246. The molecule has 0 aromatic carbocycles. The summed E-state index contributed by atoms with van der Waals surface area (Å²) < 4.78 is 0. The summed E-state index contributed by atoms with van der Waals surface area (Å²) in [7, 11) is 0. The van der Waals surface area contributed by atoms with Gasteiger partial charge in [0, 0.05) is 12.1 Å². The lowest BCUT2D eigenvalue weighted by molar-refractivity contribution is -0.132. The fourth-order valence-electron chi connectivity index (χ4n) is 1.54. The van der Waals surface area contributed by atoms with Gasteiger partial charge in [0.1, 0.15) is 0 Å². The number of hydrogen-bond donors (Lipinski definition) is 2. The second-order valence-electron chi connectivity index (χ2n) is 3.69. The summed E-state index contributed by atoms with van der Waals surface area (Å²) in [5, 5.41) is 11.7. The third-order valence-corrected chi connectivity index (χ3v) is 2.45. The zero-order valence-electron chi connectivity index (χ0n) is 8.33. The number of carbonyl (C=O) groups is 1. The topological polar surface area (TPSA) is 49.3 Å². The number of allylic oxidation sites excluding steroid dienone is 2. The molecule has 0 aromatic rings. The molecule has 1 aliphatic carbocycles. The van der Waals surface area contributed by atoms with Crippen LogP contribution in [0.5, 0.6) is 0 Å². The highest BCUT2D eigenvalue weighted by Crippen LogP contribution is 2.16. The van der Waals surface area contributed by atoms with E-state index in [1.54, 1.807) is 0 Å². The molecule has 0 fully saturated rings. The van der Waals surface area contributed by atoms with Gasteiger partial charge in [0.05, 0.1) is 0 Å². The minimum atomic E-state index is -0.916. The lowest BCUT2D eigenvalue weighted by atomic mass is 9.94. The third kappa shape index (κ3) is 3.75. The van der Waals surface area contributed by atoms with Crippen molar-refractivity contribution in [2.75, 3.05) is 13.1 Å². The first kappa shape index (κ1) is 11.0. The molecule has 14 heavy (non-hydrogen) atoms. The van der Waals surface area contributed by atoms with Crippen LogP contribution in [0.25, 0.3) is 0 Å². The fourth-order valence-corrected chi connectivity index (χ4v) is 1.54. The van der Waals surface area contributed by atoms with Crippen LogP contribution in [0, 0.1) is 5.92 Å². The summed E-state index contributed by atoms with van der Waals surface area (Å²) in [6.07, 6.45) is 7.84. The maximum Gasteiger partial charge on any atom is 0.332 e. The van der Waals surface area contributed by atoms with Gasteiger partial charge >= 0.3 is 5.97 Å². The molecule has 0 aliphatic heterocycles. The van der Waals surface area contributed by atoms with Crippen molar-refractivity contribution < 1.29 is 9.90 Å². The number of nitrogens with one attached hydrogen (secondary N) is 1. The molecule has 0 saturated heterocycles. The maximum atomic E-state index is 10.4. The molecule has 1 aliphatic rings. The predicted molar refractivity (Wildman–Crippen MR) is 56.1 cm³/mol. The van der Waals surface area contributed by atoms with Crippen LogP contribution in [0.1, 0.15) is 19.3 Å². The Kier molecular flexibility index (Phi) is 4.40. The van der Waals surface area contributed by atoms with Gasteiger partial charge in [0.15, 0.2) is 0 Å². The Labute approximate surface area is 84.5 Å². The van der Waals surface area contributed by atoms with Crippen molar-refractivity contribution in [3.8, 4) is 0 Å². The quantitative estimate of drug-likeness (QED) is 0.517. The summed E-state index contributed by atoms with van der Waals surface area (Å²) in [4.78, 5) is 10.4. The smallest absolute Gasteiger partial charge is 0.332 e. The van der Waals surface area contributed by atoms with Crippen LogP contribution in [0.2, 0.25) is 0 Å². The van der Waals surface area contributed by atoms with Gasteiger partial charge in [0.25, 0.3) is 0 Å². The van der Waals surface area contributed by atoms with Crippen molar-refractivity contribution in [2.24, 2.45) is 5.92 Å². The Hall–Kier alpha value is -1.09. The summed E-state index contributed by atoms with van der Waals surface area (Å²) in [6.45, 7) is 4.73. The molecule has 1 atom stereocenters. The maximum absolute atomic E-state index is 10.4. The summed E-state index contributed by atoms with van der Waals surface area (Å²) in [5.74, 6) is -0.261. The third-order valence-electron chi connectivity index (χ3n) is 2.45. The van der Waals surface area contributed by atoms with Crippen molar-refractivity contribution in [3.63, 3.8) is 0 Å². The Morgan fingerprint density at radius 2 is 2.36 bits per heavy atom. The SMILES string of the molecule is C=C(CNCC1CC=CCC1)C(=O)O. The minimum absolute atomic E-state index is 0.233. The first-order chi connectivity index (χ1) is 6.70. The van der Waals surface area contributed by atoms with E-state index in [0.29, 0.717) is 12.5 Å². The van der Waals surface area contributed by atoms with Gasteiger partial charge in [-0.05, 0) is 31.7 Å². The number of aliphatic carboxylic acids is 1. The lowest BCUT2D eigenvalue weighted by Crippen LogP contribution is -2.27. The van der Waals surface area contributed by atoms with E-state index in [1.165, 1.54) is 6.42 Å². The molecule has 2 N–H and O–H groups in total. The molecule has 1 rings (SSSR count). The molecular weight excluding hydrogens is 178 g/mol. The first-order valence-electron chi connectivity index (χ1n) is 4.97. The van der Waals surface area contributed by atoms with Crippen molar-refractivity contribution in [3.05, 3.63) is 24.3 Å². The second-order valence-corrected chi connectivity index (χ2v) is 3.69. The van der Waals surface area contributed by atoms with Crippen LogP contribution in [0.3, 0.4) is 0 Å². The van der Waals surface area contributed by atoms with E-state index in [4.69, 9.17) is 5.11 Å². The average Bonchev–Trinajstić information content (AvgIpc) is 2.19. The lowest BCUT2D eigenvalue weighted by Gasteiger charge is -2.17. The highest BCUT2D eigenvalue weighted by molar-refractivity contribution is 5.86. The van der Waals surface area contributed by atoms with Gasteiger partial charge in [0.2, 0.25) is 0 Å². The van der Waals surface area contributed by atoms with Gasteiger partial charge in [-0.15, -0.1) is 0 Å². The van der Waals surface area contributed by atoms with E-state index in [9.17, 15) is 4.79 Å². The minimum Gasteiger partial charge on any atom is -0.478 e. The molecule has 0 spiro atoms. The zero-order valence-corrected chi connectivity index (χ0v) is 8.33. The normalized spacial score (nSPS) is 20.7. The van der Waals surface area contributed by atoms with Crippen LogP contribution in [-0.4, -0.2) is 24.2 Å². The molecule has 78 valence electrons. The van der Waals surface area contributed by atoms with Crippen molar-refractivity contribution in [2.45, 2.75) is 19.3 Å². The Morgan fingerprint density at radius 3 is 2.93 bits per heavy atom. The summed E-state index contributed by atoms with van der Waals surface area (Å²) >= 11 is 0. The van der Waals surface area contributed by atoms with Crippen molar-refractivity contribution in [1.29, 1.82) is 0 Å². The van der Waals surface area contributed by atoms with Gasteiger partial charge in [-0.25, -0.2) is 4.79 Å². The number of hydrogen-bond acceptors (Lipinski definition) is 2. The highest BCUT2D eigenvalue weighted by atomic mass is 16.4. The van der Waals surface area contributed by atoms with Crippen LogP contribution in [0.4, 0.5) is 0 Å². The molecule has 0 bridgehead atoms. The van der Waals surface area contributed by atoms with E-state index >= 15 is 0 Å². The molecule has 3 nitrogen and oxygen atoms in total. The number of rotatable bonds is 5. The largest absolute Gasteiger partial charge is 0.478 e. The molecule has 0 heterocycles. The summed E-state index contributed by atoms with van der Waals surface area (Å²) in [5.41, 5.74) is 0.233. The van der Waals surface area contributed by atoms with Crippen LogP contribution >= 0.6 is 0 Å². The van der Waals surface area contributed by atoms with Gasteiger partial charge in [-0.2, -0.15) is 0 Å².